The number of hydrogen-bond donors (Lipinski definition) is 1. The van der Waals surface area contributed by atoms with Crippen molar-refractivity contribution in [1.82, 2.24) is 5.32 Å². The molecule has 0 radical (unpaired) electrons. The van der Waals surface area contributed by atoms with Crippen LogP contribution in [0.4, 0.5) is 0 Å². The molecule has 1 aliphatic heterocycles. The molecule has 0 aromatic rings. The summed E-state index contributed by atoms with van der Waals surface area (Å²) in [5.74, 6) is -0.0881. The number of esters is 1. The molecule has 1 saturated carbocycles. The molecule has 2 rings (SSSR count). The lowest BCUT2D eigenvalue weighted by Crippen LogP contribution is -2.62. The van der Waals surface area contributed by atoms with Crippen molar-refractivity contribution in [2.24, 2.45) is 5.41 Å². The van der Waals surface area contributed by atoms with Crippen molar-refractivity contribution in [3.05, 3.63) is 0 Å². The second kappa shape index (κ2) is 5.41. The Hall–Kier alpha value is -0.610. The van der Waals surface area contributed by atoms with Crippen molar-refractivity contribution in [3.8, 4) is 0 Å². The van der Waals surface area contributed by atoms with E-state index in [1.807, 2.05) is 6.92 Å². The molecule has 1 N–H and O–H groups in total. The van der Waals surface area contributed by atoms with Gasteiger partial charge in [-0.15, -0.1) is 0 Å². The zero-order chi connectivity index (χ0) is 14.1. The second-order valence-electron chi connectivity index (χ2n) is 6.64. The lowest BCUT2D eigenvalue weighted by molar-refractivity contribution is -0.184. The van der Waals surface area contributed by atoms with Crippen molar-refractivity contribution in [1.29, 1.82) is 0 Å². The summed E-state index contributed by atoms with van der Waals surface area (Å²) in [6, 6.07) is 0. The summed E-state index contributed by atoms with van der Waals surface area (Å²) in [7, 11) is 0. The number of hydrogen-bond acceptors (Lipinski definition) is 4. The Morgan fingerprint density at radius 2 is 2.00 bits per heavy atom. The summed E-state index contributed by atoms with van der Waals surface area (Å²) in [5.41, 5.74) is -0.480. The van der Waals surface area contributed by atoms with Gasteiger partial charge < -0.3 is 9.47 Å². The van der Waals surface area contributed by atoms with Gasteiger partial charge in [0.15, 0.2) is 0 Å². The van der Waals surface area contributed by atoms with Gasteiger partial charge in [-0.05, 0) is 47.0 Å². The predicted octanol–water partition coefficient (Wildman–Crippen LogP) is 2.61. The van der Waals surface area contributed by atoms with E-state index in [9.17, 15) is 4.79 Å². The fourth-order valence-corrected chi connectivity index (χ4v) is 3.57. The first-order chi connectivity index (χ1) is 8.89. The van der Waals surface area contributed by atoms with Gasteiger partial charge >= 0.3 is 5.97 Å². The first kappa shape index (κ1) is 14.8. The molecule has 2 fully saturated rings. The van der Waals surface area contributed by atoms with Crippen LogP contribution in [0.1, 0.15) is 59.8 Å². The molecule has 110 valence electrons. The highest BCUT2D eigenvalue weighted by atomic mass is 16.5. The number of rotatable bonds is 3. The molecule has 0 aromatic carbocycles. The van der Waals surface area contributed by atoms with E-state index in [4.69, 9.17) is 9.47 Å². The summed E-state index contributed by atoms with van der Waals surface area (Å²) in [6.45, 7) is 8.73. The normalized spacial score (nSPS) is 33.1. The average Bonchev–Trinajstić information content (AvgIpc) is 2.76. The van der Waals surface area contributed by atoms with Crippen LogP contribution in [0.25, 0.3) is 0 Å². The van der Waals surface area contributed by atoms with Crippen LogP contribution in [0.3, 0.4) is 0 Å². The van der Waals surface area contributed by atoms with E-state index in [2.05, 4.69) is 26.1 Å². The first-order valence-corrected chi connectivity index (χ1v) is 7.50. The SMILES string of the molecule is CCOC(=O)C1(C2NC(C)(C)CC(C)O2)CCCC1. The van der Waals surface area contributed by atoms with Crippen molar-refractivity contribution >= 4 is 5.97 Å². The maximum atomic E-state index is 12.4. The quantitative estimate of drug-likeness (QED) is 0.800. The molecule has 2 aliphatic rings. The third-order valence-corrected chi connectivity index (χ3v) is 4.37. The molecule has 4 nitrogen and oxygen atoms in total. The Morgan fingerprint density at radius 1 is 1.37 bits per heavy atom. The van der Waals surface area contributed by atoms with Gasteiger partial charge in [0.25, 0.3) is 0 Å². The Bertz CT molecular complexity index is 334. The lowest BCUT2D eigenvalue weighted by Gasteiger charge is -2.46. The van der Waals surface area contributed by atoms with Crippen molar-refractivity contribution in [2.45, 2.75) is 77.7 Å². The smallest absolute Gasteiger partial charge is 0.316 e. The zero-order valence-electron chi connectivity index (χ0n) is 12.6. The van der Waals surface area contributed by atoms with Crippen molar-refractivity contribution < 1.29 is 14.3 Å². The van der Waals surface area contributed by atoms with E-state index in [1.54, 1.807) is 0 Å². The molecule has 4 heteroatoms. The molecular weight excluding hydrogens is 242 g/mol. The first-order valence-electron chi connectivity index (χ1n) is 7.50. The molecule has 2 unspecified atom stereocenters. The fourth-order valence-electron chi connectivity index (χ4n) is 3.57. The van der Waals surface area contributed by atoms with E-state index in [0.717, 1.165) is 32.1 Å². The van der Waals surface area contributed by atoms with E-state index < -0.39 is 5.41 Å². The maximum absolute atomic E-state index is 12.4. The average molecular weight is 269 g/mol. The fraction of sp³-hybridized carbons (Fsp3) is 0.933. The van der Waals surface area contributed by atoms with Crippen molar-refractivity contribution in [2.75, 3.05) is 6.61 Å². The van der Waals surface area contributed by atoms with E-state index in [1.165, 1.54) is 0 Å². The number of carbonyl (C=O) groups excluding carboxylic acids is 1. The standard InChI is InChI=1S/C15H27NO3/c1-5-18-13(17)15(8-6-7-9-15)12-16-14(3,4)10-11(2)19-12/h11-12,16H,5-10H2,1-4H3. The molecule has 2 atom stereocenters. The van der Waals surface area contributed by atoms with Gasteiger partial charge in [-0.3, -0.25) is 10.1 Å². The van der Waals surface area contributed by atoms with Crippen LogP contribution in [0.15, 0.2) is 0 Å². The lowest BCUT2D eigenvalue weighted by atomic mass is 9.81. The van der Waals surface area contributed by atoms with Crippen molar-refractivity contribution in [3.63, 3.8) is 0 Å². The predicted molar refractivity (Wildman–Crippen MR) is 73.7 cm³/mol. The molecule has 19 heavy (non-hydrogen) atoms. The largest absolute Gasteiger partial charge is 0.465 e. The van der Waals surface area contributed by atoms with E-state index >= 15 is 0 Å². The molecular formula is C15H27NO3. The van der Waals surface area contributed by atoms with Gasteiger partial charge in [-0.2, -0.15) is 0 Å². The van der Waals surface area contributed by atoms with Crippen LogP contribution in [0.2, 0.25) is 0 Å². The van der Waals surface area contributed by atoms with Gasteiger partial charge in [-0.25, -0.2) is 0 Å². The second-order valence-corrected chi connectivity index (χ2v) is 6.64. The maximum Gasteiger partial charge on any atom is 0.316 e. The summed E-state index contributed by atoms with van der Waals surface area (Å²) >= 11 is 0. The van der Waals surface area contributed by atoms with Crippen LogP contribution < -0.4 is 5.32 Å². The van der Waals surface area contributed by atoms with Gasteiger partial charge in [0.1, 0.15) is 11.6 Å². The van der Waals surface area contributed by atoms with Crippen LogP contribution in [0, 0.1) is 5.41 Å². The molecule has 0 amide bonds. The summed E-state index contributed by atoms with van der Waals surface area (Å²) in [5, 5.41) is 3.52. The van der Waals surface area contributed by atoms with Gasteiger partial charge in [-0.1, -0.05) is 12.8 Å². The van der Waals surface area contributed by atoms with E-state index in [0.29, 0.717) is 6.61 Å². The highest BCUT2D eigenvalue weighted by Gasteiger charge is 2.53. The Morgan fingerprint density at radius 3 is 2.53 bits per heavy atom. The van der Waals surface area contributed by atoms with Crippen LogP contribution in [-0.2, 0) is 14.3 Å². The van der Waals surface area contributed by atoms with E-state index in [-0.39, 0.29) is 23.8 Å². The molecule has 1 heterocycles. The number of nitrogens with one attached hydrogen (secondary N) is 1. The number of carbonyl (C=O) groups is 1. The molecule has 1 saturated heterocycles. The summed E-state index contributed by atoms with van der Waals surface area (Å²) in [6.07, 6.45) is 4.81. The molecule has 0 bridgehead atoms. The minimum absolute atomic E-state index is 0.00438. The highest BCUT2D eigenvalue weighted by molar-refractivity contribution is 5.78. The Labute approximate surface area is 116 Å². The molecule has 0 aromatic heterocycles. The third-order valence-electron chi connectivity index (χ3n) is 4.37. The van der Waals surface area contributed by atoms with Gasteiger partial charge in [0.2, 0.25) is 0 Å². The van der Waals surface area contributed by atoms with Crippen LogP contribution in [0.5, 0.6) is 0 Å². The van der Waals surface area contributed by atoms with Gasteiger partial charge in [0.05, 0.1) is 12.7 Å². The molecule has 1 aliphatic carbocycles. The number of ether oxygens (including phenoxy) is 2. The minimum Gasteiger partial charge on any atom is -0.465 e. The van der Waals surface area contributed by atoms with Gasteiger partial charge in [0, 0.05) is 5.54 Å². The molecule has 0 spiro atoms. The Kier molecular flexibility index (Phi) is 4.21. The third kappa shape index (κ3) is 2.95. The summed E-state index contributed by atoms with van der Waals surface area (Å²) < 4.78 is 11.4. The highest BCUT2D eigenvalue weighted by Crippen LogP contribution is 2.45. The summed E-state index contributed by atoms with van der Waals surface area (Å²) in [4.78, 5) is 12.4. The van der Waals surface area contributed by atoms with Crippen LogP contribution >= 0.6 is 0 Å². The minimum atomic E-state index is -0.484. The zero-order valence-corrected chi connectivity index (χ0v) is 12.6. The monoisotopic (exact) mass is 269 g/mol. The topological polar surface area (TPSA) is 47.6 Å². The van der Waals surface area contributed by atoms with Crippen LogP contribution in [-0.4, -0.2) is 30.4 Å². The Balaban J connectivity index is 2.21.